The molecule has 0 spiro atoms. The Bertz CT molecular complexity index is 399. The van der Waals surface area contributed by atoms with Crippen molar-refractivity contribution in [2.75, 3.05) is 0 Å². The van der Waals surface area contributed by atoms with Crippen molar-refractivity contribution < 1.29 is 9.90 Å². The maximum Gasteiger partial charge on any atom is 0.343 e. The Hall–Kier alpha value is -1.59. The van der Waals surface area contributed by atoms with Gasteiger partial charge in [0.25, 0.3) is 0 Å². The molecule has 0 aliphatic heterocycles. The number of carboxylic acids is 1. The van der Waals surface area contributed by atoms with Crippen molar-refractivity contribution in [2.24, 2.45) is 5.41 Å². The number of aliphatic carboxylic acids is 1. The highest BCUT2D eigenvalue weighted by Crippen LogP contribution is 2.31. The highest BCUT2D eigenvalue weighted by molar-refractivity contribution is 5.67. The lowest BCUT2D eigenvalue weighted by Crippen LogP contribution is -2.32. The smallest absolute Gasteiger partial charge is 0.343 e. The molecular formula is C9H15N3O3. The summed E-state index contributed by atoms with van der Waals surface area (Å²) in [6, 6.07) is -0.402. The van der Waals surface area contributed by atoms with E-state index in [2.05, 4.69) is 10.2 Å². The van der Waals surface area contributed by atoms with Crippen LogP contribution in [0.2, 0.25) is 0 Å². The summed E-state index contributed by atoms with van der Waals surface area (Å²) in [4.78, 5) is 22.1. The zero-order valence-electron chi connectivity index (χ0n) is 9.02. The summed E-state index contributed by atoms with van der Waals surface area (Å²) in [5.74, 6) is -0.928. The van der Waals surface area contributed by atoms with Gasteiger partial charge in [0.05, 0.1) is 12.5 Å². The molecule has 1 aromatic rings. The Morgan fingerprint density at radius 1 is 1.67 bits per heavy atom. The van der Waals surface area contributed by atoms with E-state index in [1.165, 1.54) is 10.9 Å². The van der Waals surface area contributed by atoms with E-state index in [0.29, 0.717) is 0 Å². The number of nitrogens with one attached hydrogen (secondary N) is 1. The van der Waals surface area contributed by atoms with Gasteiger partial charge in [-0.1, -0.05) is 20.8 Å². The number of hydrogen-bond donors (Lipinski definition) is 2. The third-order valence-corrected chi connectivity index (χ3v) is 2.28. The van der Waals surface area contributed by atoms with E-state index in [9.17, 15) is 9.59 Å². The van der Waals surface area contributed by atoms with Gasteiger partial charge >= 0.3 is 11.7 Å². The van der Waals surface area contributed by atoms with Crippen molar-refractivity contribution in [3.05, 3.63) is 16.8 Å². The Morgan fingerprint density at radius 2 is 2.27 bits per heavy atom. The zero-order chi connectivity index (χ0) is 11.6. The van der Waals surface area contributed by atoms with Crippen molar-refractivity contribution in [3.63, 3.8) is 0 Å². The molecule has 0 saturated heterocycles. The van der Waals surface area contributed by atoms with E-state index in [-0.39, 0.29) is 17.5 Å². The molecular weight excluding hydrogens is 198 g/mol. The lowest BCUT2D eigenvalue weighted by molar-refractivity contribution is -0.138. The molecule has 1 heterocycles. The number of aromatic amines is 1. The molecule has 0 fully saturated rings. The summed E-state index contributed by atoms with van der Waals surface area (Å²) in [5, 5.41) is 14.6. The molecule has 1 aromatic heterocycles. The predicted molar refractivity (Wildman–Crippen MR) is 53.6 cm³/mol. The van der Waals surface area contributed by atoms with Crippen LogP contribution < -0.4 is 5.69 Å². The topological polar surface area (TPSA) is 88.0 Å². The van der Waals surface area contributed by atoms with Crippen LogP contribution in [0.4, 0.5) is 0 Å². The maximum atomic E-state index is 11.3. The normalized spacial score (nSPS) is 13.8. The minimum Gasteiger partial charge on any atom is -0.481 e. The van der Waals surface area contributed by atoms with E-state index in [1.807, 2.05) is 20.8 Å². The van der Waals surface area contributed by atoms with Gasteiger partial charge in [0.1, 0.15) is 6.33 Å². The van der Waals surface area contributed by atoms with Crippen molar-refractivity contribution in [1.29, 1.82) is 0 Å². The third-order valence-electron chi connectivity index (χ3n) is 2.28. The first-order valence-corrected chi connectivity index (χ1v) is 4.65. The Balaban J connectivity index is 3.07. The van der Waals surface area contributed by atoms with Gasteiger partial charge in [-0.2, -0.15) is 5.10 Å². The molecule has 15 heavy (non-hydrogen) atoms. The number of H-pyrrole nitrogens is 1. The molecule has 2 N–H and O–H groups in total. The van der Waals surface area contributed by atoms with Gasteiger partial charge in [0.15, 0.2) is 0 Å². The van der Waals surface area contributed by atoms with Crippen LogP contribution in [0.15, 0.2) is 11.1 Å². The number of carboxylic acid groups (broad SMARTS) is 1. The number of aromatic nitrogens is 3. The first-order chi connectivity index (χ1) is 6.82. The average Bonchev–Trinajstić information content (AvgIpc) is 2.45. The van der Waals surface area contributed by atoms with E-state index in [0.717, 1.165) is 0 Å². The van der Waals surface area contributed by atoms with Gasteiger partial charge in [0.2, 0.25) is 0 Å². The molecule has 1 rings (SSSR count). The largest absolute Gasteiger partial charge is 0.481 e. The lowest BCUT2D eigenvalue weighted by Gasteiger charge is -2.29. The highest BCUT2D eigenvalue weighted by atomic mass is 16.4. The van der Waals surface area contributed by atoms with Crippen molar-refractivity contribution in [3.8, 4) is 0 Å². The van der Waals surface area contributed by atoms with Crippen molar-refractivity contribution in [2.45, 2.75) is 33.2 Å². The molecule has 0 aliphatic carbocycles. The van der Waals surface area contributed by atoms with Gasteiger partial charge in [-0.25, -0.2) is 9.89 Å². The second-order valence-electron chi connectivity index (χ2n) is 4.55. The van der Waals surface area contributed by atoms with E-state index < -0.39 is 12.0 Å². The van der Waals surface area contributed by atoms with Crippen molar-refractivity contribution >= 4 is 5.97 Å². The quantitative estimate of drug-likeness (QED) is 0.770. The first kappa shape index (κ1) is 11.5. The first-order valence-electron chi connectivity index (χ1n) is 4.65. The molecule has 0 bridgehead atoms. The zero-order valence-corrected chi connectivity index (χ0v) is 9.02. The fraction of sp³-hybridized carbons (Fsp3) is 0.667. The van der Waals surface area contributed by atoms with Crippen LogP contribution in [-0.4, -0.2) is 25.8 Å². The Kier molecular flexibility index (Phi) is 2.97. The summed E-state index contributed by atoms with van der Waals surface area (Å²) in [7, 11) is 0. The van der Waals surface area contributed by atoms with Crippen LogP contribution in [-0.2, 0) is 4.79 Å². The minimum absolute atomic E-state index is 0.0943. The number of nitrogens with zero attached hydrogens (tertiary/aromatic N) is 2. The second kappa shape index (κ2) is 3.88. The van der Waals surface area contributed by atoms with Crippen LogP contribution >= 0.6 is 0 Å². The van der Waals surface area contributed by atoms with Gasteiger partial charge in [-0.3, -0.25) is 9.36 Å². The van der Waals surface area contributed by atoms with Crippen LogP contribution in [0, 0.1) is 5.41 Å². The Labute approximate surface area is 86.9 Å². The van der Waals surface area contributed by atoms with Crippen LogP contribution in [0.1, 0.15) is 33.2 Å². The molecule has 0 aromatic carbocycles. The van der Waals surface area contributed by atoms with E-state index in [4.69, 9.17) is 5.11 Å². The molecule has 0 saturated carbocycles. The molecule has 1 unspecified atom stereocenters. The molecule has 6 heteroatoms. The monoisotopic (exact) mass is 213 g/mol. The second-order valence-corrected chi connectivity index (χ2v) is 4.55. The highest BCUT2D eigenvalue weighted by Gasteiger charge is 2.29. The molecule has 0 radical (unpaired) electrons. The Morgan fingerprint density at radius 3 is 2.60 bits per heavy atom. The SMILES string of the molecule is CC(C)(C)C(CC(=O)O)n1cn[nH]c1=O. The molecule has 0 amide bonds. The fourth-order valence-electron chi connectivity index (χ4n) is 1.47. The van der Waals surface area contributed by atoms with Crippen molar-refractivity contribution in [1.82, 2.24) is 14.8 Å². The summed E-state index contributed by atoms with van der Waals surface area (Å²) >= 11 is 0. The average molecular weight is 213 g/mol. The maximum absolute atomic E-state index is 11.3. The fourth-order valence-corrected chi connectivity index (χ4v) is 1.47. The molecule has 6 nitrogen and oxygen atoms in total. The molecule has 0 aliphatic rings. The minimum atomic E-state index is -0.928. The van der Waals surface area contributed by atoms with E-state index >= 15 is 0 Å². The number of carbonyl (C=O) groups is 1. The lowest BCUT2D eigenvalue weighted by atomic mass is 9.84. The van der Waals surface area contributed by atoms with Crippen LogP contribution in [0.5, 0.6) is 0 Å². The molecule has 84 valence electrons. The van der Waals surface area contributed by atoms with Gasteiger partial charge in [-0.15, -0.1) is 0 Å². The van der Waals surface area contributed by atoms with E-state index in [1.54, 1.807) is 0 Å². The van der Waals surface area contributed by atoms with Gasteiger partial charge < -0.3 is 5.11 Å². The van der Waals surface area contributed by atoms with Crippen LogP contribution in [0.25, 0.3) is 0 Å². The van der Waals surface area contributed by atoms with Gasteiger partial charge in [0, 0.05) is 0 Å². The summed E-state index contributed by atoms with van der Waals surface area (Å²) in [6.45, 7) is 5.67. The predicted octanol–water partition coefficient (Wildman–Crippen LogP) is 0.633. The molecule has 1 atom stereocenters. The standard InChI is InChI=1S/C9H15N3O3/c1-9(2,3)6(4-7(13)14)12-5-10-11-8(12)15/h5-6H,4H2,1-3H3,(H,11,15)(H,13,14). The third kappa shape index (κ3) is 2.68. The van der Waals surface area contributed by atoms with Gasteiger partial charge in [-0.05, 0) is 5.41 Å². The van der Waals surface area contributed by atoms with Crippen LogP contribution in [0.3, 0.4) is 0 Å². The summed E-state index contributed by atoms with van der Waals surface area (Å²) < 4.78 is 1.33. The summed E-state index contributed by atoms with van der Waals surface area (Å²) in [5.41, 5.74) is -0.692. The number of rotatable bonds is 3. The number of hydrogen-bond acceptors (Lipinski definition) is 3. The summed E-state index contributed by atoms with van der Waals surface area (Å²) in [6.07, 6.45) is 1.24.